The highest BCUT2D eigenvalue weighted by molar-refractivity contribution is 5.47. The monoisotopic (exact) mass is 260 g/mol. The van der Waals surface area contributed by atoms with E-state index < -0.39 is 12.6 Å². The Morgan fingerprint density at radius 2 is 1.78 bits per heavy atom. The van der Waals surface area contributed by atoms with Crippen molar-refractivity contribution in [2.75, 3.05) is 18.5 Å². The Balaban J connectivity index is 2.62. The van der Waals surface area contributed by atoms with Crippen LogP contribution in [-0.4, -0.2) is 19.8 Å². The second-order valence-corrected chi connectivity index (χ2v) is 4.39. The van der Waals surface area contributed by atoms with E-state index in [4.69, 9.17) is 5.73 Å². The van der Waals surface area contributed by atoms with Gasteiger partial charge in [-0.05, 0) is 24.1 Å². The molecule has 0 heterocycles. The van der Waals surface area contributed by atoms with Crippen LogP contribution in [0.3, 0.4) is 0 Å². The largest absolute Gasteiger partial charge is 0.390 e. The second-order valence-electron chi connectivity index (χ2n) is 4.39. The fraction of sp³-hybridized carbons (Fsp3) is 0.538. The van der Waals surface area contributed by atoms with E-state index in [0.29, 0.717) is 0 Å². The van der Waals surface area contributed by atoms with Gasteiger partial charge in [-0.2, -0.15) is 13.2 Å². The van der Waals surface area contributed by atoms with Gasteiger partial charge in [0.2, 0.25) is 0 Å². The van der Waals surface area contributed by atoms with Crippen molar-refractivity contribution in [3.8, 4) is 0 Å². The van der Waals surface area contributed by atoms with Crippen molar-refractivity contribution in [2.24, 2.45) is 5.73 Å². The van der Waals surface area contributed by atoms with Crippen molar-refractivity contribution in [1.29, 1.82) is 0 Å². The Hall–Kier alpha value is -1.23. The number of alkyl halides is 3. The minimum atomic E-state index is -4.11. The normalized spacial score (nSPS) is 13.4. The Kier molecular flexibility index (Phi) is 5.02. The summed E-state index contributed by atoms with van der Waals surface area (Å²) in [6.07, 6.45) is -4.08. The van der Waals surface area contributed by atoms with Gasteiger partial charge in [-0.1, -0.05) is 19.1 Å². The SMILES string of the molecule is CC[C@@H](N)c1ccc(N(C)CCC(F)(F)F)cc1. The van der Waals surface area contributed by atoms with Crippen LogP contribution in [0.25, 0.3) is 0 Å². The van der Waals surface area contributed by atoms with E-state index in [0.717, 1.165) is 17.7 Å². The van der Waals surface area contributed by atoms with E-state index in [1.807, 2.05) is 19.1 Å². The first kappa shape index (κ1) is 14.8. The second kappa shape index (κ2) is 6.09. The van der Waals surface area contributed by atoms with Crippen LogP contribution in [0.1, 0.15) is 31.4 Å². The number of hydrogen-bond acceptors (Lipinski definition) is 2. The molecule has 1 atom stereocenters. The number of hydrogen-bond donors (Lipinski definition) is 1. The van der Waals surface area contributed by atoms with Gasteiger partial charge in [0.1, 0.15) is 0 Å². The molecule has 0 aromatic heterocycles. The van der Waals surface area contributed by atoms with Crippen molar-refractivity contribution in [2.45, 2.75) is 32.0 Å². The molecule has 1 aromatic rings. The van der Waals surface area contributed by atoms with Crippen LogP contribution in [0, 0.1) is 0 Å². The van der Waals surface area contributed by atoms with E-state index in [2.05, 4.69) is 0 Å². The van der Waals surface area contributed by atoms with Gasteiger partial charge in [-0.25, -0.2) is 0 Å². The molecule has 0 unspecified atom stereocenters. The van der Waals surface area contributed by atoms with Gasteiger partial charge in [0, 0.05) is 25.3 Å². The third kappa shape index (κ3) is 4.56. The van der Waals surface area contributed by atoms with Gasteiger partial charge in [0.25, 0.3) is 0 Å². The summed E-state index contributed by atoms with van der Waals surface area (Å²) in [5.41, 5.74) is 7.65. The van der Waals surface area contributed by atoms with E-state index in [1.165, 1.54) is 0 Å². The smallest absolute Gasteiger partial charge is 0.374 e. The quantitative estimate of drug-likeness (QED) is 0.878. The van der Waals surface area contributed by atoms with Crippen LogP contribution in [-0.2, 0) is 0 Å². The maximum absolute atomic E-state index is 12.1. The highest BCUT2D eigenvalue weighted by atomic mass is 19.4. The first-order valence-electron chi connectivity index (χ1n) is 5.97. The zero-order chi connectivity index (χ0) is 13.8. The highest BCUT2D eigenvalue weighted by Gasteiger charge is 2.27. The Labute approximate surface area is 106 Å². The molecule has 1 aromatic carbocycles. The number of anilines is 1. The molecule has 0 spiro atoms. The predicted octanol–water partition coefficient (Wildman–Crippen LogP) is 3.49. The molecule has 0 aliphatic heterocycles. The molecule has 102 valence electrons. The van der Waals surface area contributed by atoms with E-state index >= 15 is 0 Å². The number of nitrogens with two attached hydrogens (primary N) is 1. The fourth-order valence-corrected chi connectivity index (χ4v) is 1.64. The zero-order valence-electron chi connectivity index (χ0n) is 10.7. The molecule has 0 aliphatic carbocycles. The summed E-state index contributed by atoms with van der Waals surface area (Å²) in [6, 6.07) is 7.34. The van der Waals surface area contributed by atoms with Crippen LogP contribution in [0.15, 0.2) is 24.3 Å². The topological polar surface area (TPSA) is 29.3 Å². The third-order valence-corrected chi connectivity index (χ3v) is 2.93. The Morgan fingerprint density at radius 3 is 2.22 bits per heavy atom. The standard InChI is InChI=1S/C13H19F3N2/c1-3-12(17)10-4-6-11(7-5-10)18(2)9-8-13(14,15)16/h4-7,12H,3,8-9,17H2,1-2H3/t12-/m1/s1. The van der Waals surface area contributed by atoms with Gasteiger partial charge in [-0.15, -0.1) is 0 Å². The Morgan fingerprint density at radius 1 is 1.22 bits per heavy atom. The molecular weight excluding hydrogens is 241 g/mol. The average Bonchev–Trinajstić information content (AvgIpc) is 2.34. The summed E-state index contributed by atoms with van der Waals surface area (Å²) < 4.78 is 36.3. The molecular formula is C13H19F3N2. The van der Waals surface area contributed by atoms with Crippen molar-refractivity contribution in [3.05, 3.63) is 29.8 Å². The predicted molar refractivity (Wildman–Crippen MR) is 67.6 cm³/mol. The van der Waals surface area contributed by atoms with Crippen LogP contribution in [0.5, 0.6) is 0 Å². The van der Waals surface area contributed by atoms with Crippen molar-refractivity contribution >= 4 is 5.69 Å². The summed E-state index contributed by atoms with van der Waals surface area (Å²) in [5, 5.41) is 0. The summed E-state index contributed by atoms with van der Waals surface area (Å²) in [7, 11) is 1.65. The molecule has 0 amide bonds. The molecule has 0 saturated heterocycles. The Bertz CT molecular complexity index is 359. The summed E-state index contributed by atoms with van der Waals surface area (Å²) >= 11 is 0. The fourth-order valence-electron chi connectivity index (χ4n) is 1.64. The molecule has 2 nitrogen and oxygen atoms in total. The van der Waals surface area contributed by atoms with Crippen LogP contribution in [0.4, 0.5) is 18.9 Å². The minimum Gasteiger partial charge on any atom is -0.374 e. The van der Waals surface area contributed by atoms with Crippen molar-refractivity contribution in [1.82, 2.24) is 0 Å². The molecule has 18 heavy (non-hydrogen) atoms. The van der Waals surface area contributed by atoms with Crippen molar-refractivity contribution in [3.63, 3.8) is 0 Å². The molecule has 0 aliphatic rings. The van der Waals surface area contributed by atoms with E-state index in [9.17, 15) is 13.2 Å². The lowest BCUT2D eigenvalue weighted by Crippen LogP contribution is -2.24. The lowest BCUT2D eigenvalue weighted by atomic mass is 10.1. The van der Waals surface area contributed by atoms with Gasteiger partial charge in [0.05, 0.1) is 6.42 Å². The van der Waals surface area contributed by atoms with Gasteiger partial charge >= 0.3 is 6.18 Å². The minimum absolute atomic E-state index is 0.0143. The third-order valence-electron chi connectivity index (χ3n) is 2.93. The average molecular weight is 260 g/mol. The van der Waals surface area contributed by atoms with Gasteiger partial charge in [0.15, 0.2) is 0 Å². The number of benzene rings is 1. The molecule has 2 N–H and O–H groups in total. The van der Waals surface area contributed by atoms with E-state index in [1.54, 1.807) is 24.1 Å². The summed E-state index contributed by atoms with van der Waals surface area (Å²) in [5.74, 6) is 0. The molecule has 0 radical (unpaired) electrons. The van der Waals surface area contributed by atoms with Crippen molar-refractivity contribution < 1.29 is 13.2 Å². The molecule has 0 bridgehead atoms. The number of rotatable bonds is 5. The molecule has 0 saturated carbocycles. The molecule has 5 heteroatoms. The van der Waals surface area contributed by atoms with Crippen LogP contribution in [0.2, 0.25) is 0 Å². The zero-order valence-corrected chi connectivity index (χ0v) is 10.7. The van der Waals surface area contributed by atoms with Crippen LogP contribution >= 0.6 is 0 Å². The maximum atomic E-state index is 12.1. The molecule has 0 fully saturated rings. The van der Waals surface area contributed by atoms with Gasteiger partial charge < -0.3 is 10.6 Å². The van der Waals surface area contributed by atoms with Crippen LogP contribution < -0.4 is 10.6 Å². The maximum Gasteiger partial charge on any atom is 0.390 e. The summed E-state index contributed by atoms with van der Waals surface area (Å²) in [4.78, 5) is 1.59. The number of halogens is 3. The number of nitrogens with zero attached hydrogens (tertiary/aromatic N) is 1. The lowest BCUT2D eigenvalue weighted by Gasteiger charge is -2.21. The van der Waals surface area contributed by atoms with E-state index in [-0.39, 0.29) is 12.6 Å². The first-order valence-corrected chi connectivity index (χ1v) is 5.97. The lowest BCUT2D eigenvalue weighted by molar-refractivity contribution is -0.132. The first-order chi connectivity index (χ1) is 8.33. The highest BCUT2D eigenvalue weighted by Crippen LogP contribution is 2.23. The molecule has 1 rings (SSSR count). The summed E-state index contributed by atoms with van der Waals surface area (Å²) in [6.45, 7) is 1.96. The van der Waals surface area contributed by atoms with Gasteiger partial charge in [-0.3, -0.25) is 0 Å².